The van der Waals surface area contributed by atoms with Gasteiger partial charge in [-0.25, -0.2) is 9.79 Å². The van der Waals surface area contributed by atoms with Crippen LogP contribution in [-0.2, 0) is 4.79 Å². The zero-order valence-electron chi connectivity index (χ0n) is 14.9. The lowest BCUT2D eigenvalue weighted by Crippen LogP contribution is -1.84. The van der Waals surface area contributed by atoms with Crippen molar-refractivity contribution in [2.45, 2.75) is 110 Å². The summed E-state index contributed by atoms with van der Waals surface area (Å²) < 4.78 is 0. The monoisotopic (exact) mass is 313 g/mol. The van der Waals surface area contributed by atoms with Crippen LogP contribution >= 0.6 is 0 Å². The third kappa shape index (κ3) is 21.6. The zero-order chi connectivity index (χ0) is 15.4. The fourth-order valence-corrected chi connectivity index (χ4v) is 2.78. The molecule has 2 N–H and O–H groups in total. The Morgan fingerprint density at radius 3 is 1.23 bits per heavy atom. The number of carbonyl (C=O) groups excluding carboxylic acids is 1. The maximum Gasteiger partial charge on any atom is 0.234 e. The lowest BCUT2D eigenvalue weighted by Gasteiger charge is -2.03. The van der Waals surface area contributed by atoms with Gasteiger partial charge >= 0.3 is 0 Å². The van der Waals surface area contributed by atoms with Crippen molar-refractivity contribution in [3.63, 3.8) is 0 Å². The van der Waals surface area contributed by atoms with Crippen LogP contribution in [-0.4, -0.2) is 18.1 Å². The van der Waals surface area contributed by atoms with Crippen molar-refractivity contribution in [1.82, 2.24) is 0 Å². The van der Waals surface area contributed by atoms with Gasteiger partial charge in [0.05, 0.1) is 6.54 Å². The van der Waals surface area contributed by atoms with Gasteiger partial charge in [0.1, 0.15) is 0 Å². The molecule has 0 aromatic rings. The molecule has 0 heterocycles. The van der Waals surface area contributed by atoms with E-state index in [4.69, 9.17) is 0 Å². The van der Waals surface area contributed by atoms with Crippen molar-refractivity contribution in [3.05, 3.63) is 0 Å². The van der Waals surface area contributed by atoms with Gasteiger partial charge in [0.15, 0.2) is 0 Å². The summed E-state index contributed by atoms with van der Waals surface area (Å²) in [6.07, 6.45) is 23.6. The van der Waals surface area contributed by atoms with Crippen LogP contribution in [0.25, 0.3) is 0 Å². The number of nitrogens with zero attached hydrogens (tertiary/aromatic N) is 1. The van der Waals surface area contributed by atoms with Crippen molar-refractivity contribution in [1.29, 1.82) is 0 Å². The van der Waals surface area contributed by atoms with Crippen LogP contribution in [0.5, 0.6) is 0 Å². The molecule has 22 heavy (non-hydrogen) atoms. The van der Waals surface area contributed by atoms with Crippen LogP contribution in [0.4, 0.5) is 0 Å². The van der Waals surface area contributed by atoms with E-state index < -0.39 is 0 Å². The summed E-state index contributed by atoms with van der Waals surface area (Å²) in [5, 5.41) is 0. The minimum Gasteiger partial charge on any atom is -0.412 e. The van der Waals surface area contributed by atoms with Crippen LogP contribution in [0.2, 0.25) is 0 Å². The zero-order valence-corrected chi connectivity index (χ0v) is 14.9. The van der Waals surface area contributed by atoms with Gasteiger partial charge in [-0.15, -0.1) is 0 Å². The Morgan fingerprint density at radius 2 is 0.909 bits per heavy atom. The Balaban J connectivity index is 0. The Morgan fingerprint density at radius 1 is 0.591 bits per heavy atom. The molecule has 0 aliphatic rings. The minimum atomic E-state index is 0. The van der Waals surface area contributed by atoms with E-state index in [1.165, 1.54) is 96.3 Å². The van der Waals surface area contributed by atoms with Gasteiger partial charge in [0, 0.05) is 0 Å². The number of unbranched alkanes of at least 4 members (excludes halogenated alkanes) is 15. The highest BCUT2D eigenvalue weighted by atomic mass is 16.1. The molecule has 0 aromatic carbocycles. The lowest BCUT2D eigenvalue weighted by atomic mass is 10.0. The molecule has 0 fully saturated rings. The number of hydrogen-bond donors (Lipinski definition) is 0. The van der Waals surface area contributed by atoms with Crippen molar-refractivity contribution in [2.24, 2.45) is 4.99 Å². The average Bonchev–Trinajstić information content (AvgIpc) is 2.50. The third-order valence-electron chi connectivity index (χ3n) is 4.19. The van der Waals surface area contributed by atoms with E-state index in [1.807, 2.05) is 0 Å². The van der Waals surface area contributed by atoms with Gasteiger partial charge in [-0.1, -0.05) is 103 Å². The normalized spacial score (nSPS) is 10.0. The van der Waals surface area contributed by atoms with E-state index in [0.717, 1.165) is 6.42 Å². The van der Waals surface area contributed by atoms with E-state index in [0.29, 0.717) is 6.54 Å². The first-order chi connectivity index (χ1) is 10.4. The van der Waals surface area contributed by atoms with Gasteiger partial charge in [0.2, 0.25) is 6.08 Å². The second-order valence-corrected chi connectivity index (χ2v) is 6.28. The minimum absolute atomic E-state index is 0. The molecule has 132 valence electrons. The molecule has 0 aliphatic heterocycles. The molecule has 0 atom stereocenters. The summed E-state index contributed by atoms with van der Waals surface area (Å²) in [4.78, 5) is 13.4. The average molecular weight is 314 g/mol. The van der Waals surface area contributed by atoms with Crippen molar-refractivity contribution in [2.75, 3.05) is 6.54 Å². The molecule has 3 heteroatoms. The number of rotatable bonds is 17. The van der Waals surface area contributed by atoms with Gasteiger partial charge in [-0.05, 0) is 6.42 Å². The molecule has 0 aromatic heterocycles. The van der Waals surface area contributed by atoms with Crippen LogP contribution in [0, 0.1) is 0 Å². The molecule has 0 aliphatic carbocycles. The topological polar surface area (TPSA) is 60.9 Å². The van der Waals surface area contributed by atoms with E-state index >= 15 is 0 Å². The fraction of sp³-hybridized carbons (Fsp3) is 0.947. The second-order valence-electron chi connectivity index (χ2n) is 6.28. The first kappa shape index (κ1) is 23.6. The summed E-state index contributed by atoms with van der Waals surface area (Å²) in [6, 6.07) is 0. The number of hydrogen-bond acceptors (Lipinski definition) is 2. The van der Waals surface area contributed by atoms with E-state index in [9.17, 15) is 4.79 Å². The smallest absolute Gasteiger partial charge is 0.234 e. The largest absolute Gasteiger partial charge is 0.412 e. The van der Waals surface area contributed by atoms with Gasteiger partial charge in [0.25, 0.3) is 0 Å². The van der Waals surface area contributed by atoms with E-state index in [-0.39, 0.29) is 5.48 Å². The summed E-state index contributed by atoms with van der Waals surface area (Å²) in [6.45, 7) is 2.95. The third-order valence-corrected chi connectivity index (χ3v) is 4.19. The first-order valence-electron chi connectivity index (χ1n) is 9.45. The SMILES string of the molecule is CCCCCCCCCCCCCCCCCCN=C=O.O. The van der Waals surface area contributed by atoms with E-state index in [2.05, 4.69) is 11.9 Å². The van der Waals surface area contributed by atoms with Gasteiger partial charge in [-0.3, -0.25) is 0 Å². The first-order valence-corrected chi connectivity index (χ1v) is 9.45. The molecule has 0 amide bonds. The highest BCUT2D eigenvalue weighted by molar-refractivity contribution is 5.32. The summed E-state index contributed by atoms with van der Waals surface area (Å²) in [5.74, 6) is 0. The molecule has 0 unspecified atom stereocenters. The summed E-state index contributed by atoms with van der Waals surface area (Å²) in [5.41, 5.74) is 0. The van der Waals surface area contributed by atoms with E-state index in [1.54, 1.807) is 6.08 Å². The van der Waals surface area contributed by atoms with Crippen LogP contribution in [0.3, 0.4) is 0 Å². The Hall–Kier alpha value is -0.660. The highest BCUT2D eigenvalue weighted by Crippen LogP contribution is 2.13. The Kier molecular flexibility index (Phi) is 24.3. The Labute approximate surface area is 138 Å². The van der Waals surface area contributed by atoms with Crippen molar-refractivity contribution in [3.8, 4) is 0 Å². The molecule has 0 rings (SSSR count). The molecular formula is C19H39NO2. The molecule has 3 nitrogen and oxygen atoms in total. The molecular weight excluding hydrogens is 274 g/mol. The van der Waals surface area contributed by atoms with Crippen molar-refractivity contribution < 1.29 is 10.3 Å². The molecule has 0 spiro atoms. The highest BCUT2D eigenvalue weighted by Gasteiger charge is 1.94. The quantitative estimate of drug-likeness (QED) is 0.191. The van der Waals surface area contributed by atoms with Gasteiger partial charge < -0.3 is 5.48 Å². The maximum atomic E-state index is 9.87. The van der Waals surface area contributed by atoms with Crippen LogP contribution in [0.15, 0.2) is 4.99 Å². The van der Waals surface area contributed by atoms with Gasteiger partial charge in [-0.2, -0.15) is 0 Å². The Bertz CT molecular complexity index is 238. The molecule has 0 saturated carbocycles. The predicted octanol–water partition coefficient (Wildman–Crippen LogP) is 5.76. The van der Waals surface area contributed by atoms with Crippen molar-refractivity contribution >= 4 is 6.08 Å². The molecule has 0 saturated heterocycles. The number of isocyanates is 1. The maximum absolute atomic E-state index is 9.87. The number of aliphatic imine (C=N–C) groups is 1. The summed E-state index contributed by atoms with van der Waals surface area (Å²) in [7, 11) is 0. The molecule has 0 radical (unpaired) electrons. The predicted molar refractivity (Wildman–Crippen MR) is 96.1 cm³/mol. The summed E-state index contributed by atoms with van der Waals surface area (Å²) >= 11 is 0. The standard InChI is InChI=1S/C19H37NO.H2O/c1-2-3-4-5-6-7-8-9-10-11-12-13-14-15-16-17-18-20-19-21;/h2-18H2,1H3;1H2. The molecule has 0 bridgehead atoms. The fourth-order valence-electron chi connectivity index (χ4n) is 2.78. The lowest BCUT2D eigenvalue weighted by molar-refractivity contribution is 0.529. The second kappa shape index (κ2) is 22.6. The van der Waals surface area contributed by atoms with Crippen LogP contribution < -0.4 is 0 Å². The van der Waals surface area contributed by atoms with Crippen LogP contribution in [0.1, 0.15) is 110 Å².